The number of aromatic nitrogens is 1. The molecule has 37 heavy (non-hydrogen) atoms. The first-order valence-electron chi connectivity index (χ1n) is 13.3. The molecule has 0 spiro atoms. The number of carbonyl (C=O) groups excluding carboxylic acids is 1. The Balaban J connectivity index is 1.39. The summed E-state index contributed by atoms with van der Waals surface area (Å²) in [5.74, 6) is -0.475. The standard InChI is InChI=1S/C28H36N4O4S/c1-2-20-17-32-18-37(35,36)31-25-15-21(14-23(20)27(25)32)28(34)30-24(13-19-9-5-3-6-10-19)26(33)16-29-22-11-7-4-8-12-22/h3,5-6,9-10,14-15,17,22,24,26,29,31,33H,2,4,7-8,11-13,16,18H2,1H3,(H,30,34)/t24-,26+/m0/s1. The fourth-order valence-electron chi connectivity index (χ4n) is 5.63. The minimum Gasteiger partial charge on any atom is -0.390 e. The maximum absolute atomic E-state index is 13.5. The number of aryl methyl sites for hydroxylation is 1. The van der Waals surface area contributed by atoms with Crippen LogP contribution in [0.1, 0.15) is 60.5 Å². The van der Waals surface area contributed by atoms with Crippen LogP contribution < -0.4 is 15.4 Å². The quantitative estimate of drug-likeness (QED) is 0.342. The van der Waals surface area contributed by atoms with Crippen LogP contribution in [0.5, 0.6) is 0 Å². The van der Waals surface area contributed by atoms with Gasteiger partial charge in [-0.3, -0.25) is 9.52 Å². The maximum atomic E-state index is 13.5. The molecule has 0 radical (unpaired) electrons. The summed E-state index contributed by atoms with van der Waals surface area (Å²) in [7, 11) is -3.54. The minimum absolute atomic E-state index is 0.138. The predicted octanol–water partition coefficient (Wildman–Crippen LogP) is 3.54. The van der Waals surface area contributed by atoms with E-state index < -0.39 is 22.2 Å². The van der Waals surface area contributed by atoms with Crippen LogP contribution in [0.3, 0.4) is 0 Å². The van der Waals surface area contributed by atoms with Gasteiger partial charge in [-0.2, -0.15) is 0 Å². The van der Waals surface area contributed by atoms with E-state index >= 15 is 0 Å². The zero-order valence-electron chi connectivity index (χ0n) is 21.2. The molecular formula is C28H36N4O4S. The fourth-order valence-corrected chi connectivity index (χ4v) is 6.75. The smallest absolute Gasteiger partial charge is 0.251 e. The summed E-state index contributed by atoms with van der Waals surface area (Å²) in [6.07, 6.45) is 8.17. The molecule has 9 heteroatoms. The number of hydrogen-bond acceptors (Lipinski definition) is 5. The summed E-state index contributed by atoms with van der Waals surface area (Å²) in [6, 6.07) is 13.1. The third-order valence-corrected chi connectivity index (χ3v) is 8.72. The number of amides is 1. The number of aliphatic hydroxyl groups is 1. The van der Waals surface area contributed by atoms with Crippen LogP contribution in [0.25, 0.3) is 10.9 Å². The molecule has 2 atom stereocenters. The van der Waals surface area contributed by atoms with E-state index in [0.717, 1.165) is 41.3 Å². The largest absolute Gasteiger partial charge is 0.390 e. The van der Waals surface area contributed by atoms with E-state index in [1.54, 1.807) is 10.6 Å². The van der Waals surface area contributed by atoms with Gasteiger partial charge >= 0.3 is 0 Å². The number of carbonyl (C=O) groups is 1. The highest BCUT2D eigenvalue weighted by Gasteiger charge is 2.28. The van der Waals surface area contributed by atoms with Gasteiger partial charge in [-0.1, -0.05) is 56.5 Å². The van der Waals surface area contributed by atoms with Crippen LogP contribution in [-0.4, -0.2) is 48.7 Å². The van der Waals surface area contributed by atoms with Gasteiger partial charge in [0, 0.05) is 29.7 Å². The van der Waals surface area contributed by atoms with Gasteiger partial charge in [-0.25, -0.2) is 8.42 Å². The molecule has 2 heterocycles. The monoisotopic (exact) mass is 524 g/mol. The van der Waals surface area contributed by atoms with Crippen LogP contribution in [0.15, 0.2) is 48.7 Å². The van der Waals surface area contributed by atoms with Crippen molar-refractivity contribution in [3.05, 3.63) is 65.4 Å². The van der Waals surface area contributed by atoms with E-state index in [-0.39, 0.29) is 11.8 Å². The molecule has 1 amide bonds. The van der Waals surface area contributed by atoms with Crippen molar-refractivity contribution in [1.29, 1.82) is 0 Å². The molecule has 1 saturated carbocycles. The number of nitrogens with zero attached hydrogens (tertiary/aromatic N) is 1. The topological polar surface area (TPSA) is 112 Å². The molecule has 2 aliphatic rings. The molecule has 3 aromatic rings. The van der Waals surface area contributed by atoms with E-state index in [1.165, 1.54) is 19.3 Å². The molecule has 8 nitrogen and oxygen atoms in total. The summed E-state index contributed by atoms with van der Waals surface area (Å²) in [5, 5.41) is 18.6. The first-order chi connectivity index (χ1) is 17.8. The lowest BCUT2D eigenvalue weighted by Gasteiger charge is -2.28. The van der Waals surface area contributed by atoms with Crippen LogP contribution in [0, 0.1) is 0 Å². The second-order valence-corrected chi connectivity index (χ2v) is 12.0. The van der Waals surface area contributed by atoms with Gasteiger partial charge in [-0.15, -0.1) is 0 Å². The van der Waals surface area contributed by atoms with Crippen molar-refractivity contribution >= 4 is 32.5 Å². The molecule has 0 bridgehead atoms. The molecule has 0 unspecified atom stereocenters. The van der Waals surface area contributed by atoms with Crippen molar-refractivity contribution in [1.82, 2.24) is 15.2 Å². The van der Waals surface area contributed by atoms with Crippen molar-refractivity contribution in [3.63, 3.8) is 0 Å². The van der Waals surface area contributed by atoms with Gasteiger partial charge in [0.1, 0.15) is 5.88 Å². The van der Waals surface area contributed by atoms with Crippen molar-refractivity contribution in [2.24, 2.45) is 0 Å². The number of hydrogen-bond donors (Lipinski definition) is 4. The van der Waals surface area contributed by atoms with Gasteiger partial charge in [0.05, 0.1) is 23.3 Å². The minimum atomic E-state index is -3.54. The second kappa shape index (κ2) is 10.8. The van der Waals surface area contributed by atoms with E-state index in [9.17, 15) is 18.3 Å². The lowest BCUT2D eigenvalue weighted by Crippen LogP contribution is -2.50. The third kappa shape index (κ3) is 5.84. The average molecular weight is 525 g/mol. The maximum Gasteiger partial charge on any atom is 0.251 e. The van der Waals surface area contributed by atoms with Crippen molar-refractivity contribution in [2.75, 3.05) is 11.3 Å². The third-order valence-electron chi connectivity index (χ3n) is 7.57. The van der Waals surface area contributed by atoms with Gasteiger partial charge in [0.15, 0.2) is 0 Å². The van der Waals surface area contributed by atoms with Gasteiger partial charge < -0.3 is 20.3 Å². The van der Waals surface area contributed by atoms with Gasteiger partial charge in [0.2, 0.25) is 0 Å². The molecule has 1 fully saturated rings. The Kier molecular flexibility index (Phi) is 7.55. The van der Waals surface area contributed by atoms with Crippen LogP contribution in [0.4, 0.5) is 5.69 Å². The van der Waals surface area contributed by atoms with Crippen molar-refractivity contribution in [3.8, 4) is 0 Å². The second-order valence-electron chi connectivity index (χ2n) is 10.3. The van der Waals surface area contributed by atoms with E-state index in [2.05, 4.69) is 15.4 Å². The number of nitrogens with one attached hydrogen (secondary N) is 3. The highest BCUT2D eigenvalue weighted by molar-refractivity contribution is 7.91. The molecular weight excluding hydrogens is 488 g/mol. The molecule has 1 aliphatic heterocycles. The molecule has 198 valence electrons. The van der Waals surface area contributed by atoms with Gasteiger partial charge in [0.25, 0.3) is 15.9 Å². The number of rotatable bonds is 9. The molecule has 5 rings (SSSR count). The summed E-state index contributed by atoms with van der Waals surface area (Å²) < 4.78 is 29.2. The SMILES string of the molecule is CCc1cn2c3c(cc(C(=O)N[C@@H](Cc4ccccc4)[C@H](O)CNC4CCCCC4)cc13)NS(=O)(=O)C2. The van der Waals surface area contributed by atoms with E-state index in [1.807, 2.05) is 49.5 Å². The number of anilines is 1. The molecule has 1 aliphatic carbocycles. The normalized spacial score (nSPS) is 18.8. The Morgan fingerprint density at radius 2 is 1.92 bits per heavy atom. The zero-order valence-corrected chi connectivity index (χ0v) is 22.1. The van der Waals surface area contributed by atoms with Crippen LogP contribution in [0.2, 0.25) is 0 Å². The predicted molar refractivity (Wildman–Crippen MR) is 146 cm³/mol. The first kappa shape index (κ1) is 25.8. The van der Waals surface area contributed by atoms with Crippen molar-refractivity contribution < 1.29 is 18.3 Å². The fraction of sp³-hybridized carbons (Fsp3) is 0.464. The first-order valence-corrected chi connectivity index (χ1v) is 14.9. The van der Waals surface area contributed by atoms with Crippen LogP contribution in [-0.2, 0) is 28.7 Å². The Hall–Kier alpha value is -2.88. The molecule has 0 saturated heterocycles. The van der Waals surface area contributed by atoms with Crippen LogP contribution >= 0.6 is 0 Å². The average Bonchev–Trinajstić information content (AvgIpc) is 3.24. The summed E-state index contributed by atoms with van der Waals surface area (Å²) >= 11 is 0. The Labute approximate surface area is 218 Å². The number of sulfonamides is 1. The Bertz CT molecular complexity index is 1360. The molecule has 2 aromatic carbocycles. The lowest BCUT2D eigenvalue weighted by atomic mass is 9.94. The number of benzene rings is 2. The highest BCUT2D eigenvalue weighted by atomic mass is 32.2. The summed E-state index contributed by atoms with van der Waals surface area (Å²) in [4.78, 5) is 13.5. The van der Waals surface area contributed by atoms with E-state index in [4.69, 9.17) is 0 Å². The Morgan fingerprint density at radius 3 is 2.65 bits per heavy atom. The molecule has 1 aromatic heterocycles. The highest BCUT2D eigenvalue weighted by Crippen LogP contribution is 2.34. The summed E-state index contributed by atoms with van der Waals surface area (Å²) in [5.41, 5.74) is 3.58. The Morgan fingerprint density at radius 1 is 1.16 bits per heavy atom. The van der Waals surface area contributed by atoms with Crippen molar-refractivity contribution in [2.45, 2.75) is 75.9 Å². The zero-order chi connectivity index (χ0) is 26.0. The lowest BCUT2D eigenvalue weighted by molar-refractivity contribution is 0.0821. The van der Waals surface area contributed by atoms with Gasteiger partial charge in [-0.05, 0) is 48.9 Å². The van der Waals surface area contributed by atoms with E-state index in [0.29, 0.717) is 30.3 Å². The number of aliphatic hydroxyl groups excluding tert-OH is 1. The molecule has 4 N–H and O–H groups in total. The summed E-state index contributed by atoms with van der Waals surface area (Å²) in [6.45, 7) is 2.41.